The molecule has 1 amide bonds. The molecular formula is C11H14BrFN2O3S. The maximum atomic E-state index is 13.7. The highest BCUT2D eigenvalue weighted by molar-refractivity contribution is 9.10. The van der Waals surface area contributed by atoms with Crippen LogP contribution in [0.4, 0.5) is 4.39 Å². The summed E-state index contributed by atoms with van der Waals surface area (Å²) in [7, 11) is 0.243. The fraction of sp³-hybridized carbons (Fsp3) is 0.364. The average molecular weight is 353 g/mol. The number of carbonyl (C=O) groups is 1. The van der Waals surface area contributed by atoms with Crippen molar-refractivity contribution < 1.29 is 17.6 Å². The monoisotopic (exact) mass is 352 g/mol. The number of amides is 1. The molecule has 1 aromatic rings. The summed E-state index contributed by atoms with van der Waals surface area (Å²) in [6.45, 7) is -0.342. The van der Waals surface area contributed by atoms with E-state index in [4.69, 9.17) is 0 Å². The van der Waals surface area contributed by atoms with Gasteiger partial charge in [0.05, 0.1) is 6.54 Å². The fourth-order valence-electron chi connectivity index (χ4n) is 1.27. The average Bonchev–Trinajstić information content (AvgIpc) is 2.27. The van der Waals surface area contributed by atoms with E-state index >= 15 is 0 Å². The van der Waals surface area contributed by atoms with Gasteiger partial charge in [0.1, 0.15) is 10.7 Å². The van der Waals surface area contributed by atoms with Crippen LogP contribution < -0.4 is 0 Å². The molecule has 0 aliphatic heterocycles. The summed E-state index contributed by atoms with van der Waals surface area (Å²) in [5, 5.41) is 0. The Kier molecular flexibility index (Phi) is 5.05. The third-order valence-electron chi connectivity index (χ3n) is 2.44. The van der Waals surface area contributed by atoms with Gasteiger partial charge in [-0.15, -0.1) is 0 Å². The number of sulfonamides is 1. The molecule has 0 saturated carbocycles. The largest absolute Gasteiger partial charge is 0.348 e. The molecule has 0 aliphatic rings. The lowest BCUT2D eigenvalue weighted by molar-refractivity contribution is -0.128. The molecule has 0 aromatic heterocycles. The van der Waals surface area contributed by atoms with Gasteiger partial charge < -0.3 is 4.90 Å². The molecule has 0 saturated heterocycles. The van der Waals surface area contributed by atoms with Gasteiger partial charge in [-0.2, -0.15) is 4.31 Å². The highest BCUT2D eigenvalue weighted by Crippen LogP contribution is 2.21. The van der Waals surface area contributed by atoms with Crippen molar-refractivity contribution in [2.24, 2.45) is 0 Å². The second-order valence-electron chi connectivity index (χ2n) is 4.12. The molecule has 0 bridgehead atoms. The Morgan fingerprint density at radius 1 is 1.32 bits per heavy atom. The van der Waals surface area contributed by atoms with Crippen LogP contribution in [0.15, 0.2) is 27.6 Å². The van der Waals surface area contributed by atoms with Crippen molar-refractivity contribution in [3.8, 4) is 0 Å². The van der Waals surface area contributed by atoms with Crippen LogP contribution in [0.2, 0.25) is 0 Å². The Morgan fingerprint density at radius 3 is 2.37 bits per heavy atom. The molecule has 8 heteroatoms. The van der Waals surface area contributed by atoms with Gasteiger partial charge in [0.15, 0.2) is 0 Å². The van der Waals surface area contributed by atoms with Gasteiger partial charge in [0.2, 0.25) is 15.9 Å². The smallest absolute Gasteiger partial charge is 0.246 e. The van der Waals surface area contributed by atoms with E-state index in [1.165, 1.54) is 32.1 Å². The van der Waals surface area contributed by atoms with E-state index < -0.39 is 20.7 Å². The Balaban J connectivity index is 3.07. The lowest BCUT2D eigenvalue weighted by atomic mass is 10.3. The lowest BCUT2D eigenvalue weighted by Gasteiger charge is -2.19. The minimum atomic E-state index is -4.02. The minimum Gasteiger partial charge on any atom is -0.348 e. The Labute approximate surface area is 120 Å². The van der Waals surface area contributed by atoms with Crippen molar-refractivity contribution in [3.63, 3.8) is 0 Å². The van der Waals surface area contributed by atoms with E-state index in [-0.39, 0.29) is 12.5 Å². The van der Waals surface area contributed by atoms with Crippen LogP contribution in [0.3, 0.4) is 0 Å². The summed E-state index contributed by atoms with van der Waals surface area (Å²) in [4.78, 5) is 12.3. The number of hydrogen-bond acceptors (Lipinski definition) is 3. The highest BCUT2D eigenvalue weighted by atomic mass is 79.9. The van der Waals surface area contributed by atoms with Gasteiger partial charge in [0, 0.05) is 25.6 Å². The van der Waals surface area contributed by atoms with Crippen molar-refractivity contribution in [1.29, 1.82) is 0 Å². The standard InChI is InChI=1S/C11H14BrFN2O3S/c1-14(2)11(16)7-15(3)19(17,18)10-5-4-8(12)6-9(10)13/h4-6H,7H2,1-3H3. The van der Waals surface area contributed by atoms with Crippen molar-refractivity contribution in [3.05, 3.63) is 28.5 Å². The van der Waals surface area contributed by atoms with Crippen molar-refractivity contribution in [2.45, 2.75) is 4.90 Å². The molecule has 5 nitrogen and oxygen atoms in total. The normalized spacial score (nSPS) is 11.7. The van der Waals surface area contributed by atoms with Crippen molar-refractivity contribution >= 4 is 31.9 Å². The van der Waals surface area contributed by atoms with E-state index in [2.05, 4.69) is 15.9 Å². The molecule has 0 radical (unpaired) electrons. The predicted molar refractivity (Wildman–Crippen MR) is 72.6 cm³/mol. The fourth-order valence-corrected chi connectivity index (χ4v) is 2.76. The quantitative estimate of drug-likeness (QED) is 0.820. The second-order valence-corrected chi connectivity index (χ2v) is 7.05. The molecule has 0 unspecified atom stereocenters. The Hall–Kier alpha value is -0.990. The molecule has 0 spiro atoms. The van der Waals surface area contributed by atoms with Gasteiger partial charge in [-0.3, -0.25) is 4.79 Å². The van der Waals surface area contributed by atoms with Gasteiger partial charge in [-0.1, -0.05) is 15.9 Å². The first-order valence-corrected chi connectivity index (χ1v) is 7.51. The molecule has 1 rings (SSSR count). The molecule has 0 aliphatic carbocycles. The number of likely N-dealkylation sites (N-methyl/N-ethyl adjacent to an activating group) is 2. The van der Waals surface area contributed by atoms with Crippen LogP contribution >= 0.6 is 15.9 Å². The summed E-state index contributed by atoms with van der Waals surface area (Å²) in [5.74, 6) is -1.25. The van der Waals surface area contributed by atoms with Crippen LogP contribution in [0.1, 0.15) is 0 Å². The highest BCUT2D eigenvalue weighted by Gasteiger charge is 2.26. The number of benzene rings is 1. The first-order chi connectivity index (χ1) is 8.66. The lowest BCUT2D eigenvalue weighted by Crippen LogP contribution is -2.38. The molecular weight excluding hydrogens is 339 g/mol. The number of hydrogen-bond donors (Lipinski definition) is 0. The van der Waals surface area contributed by atoms with Crippen molar-refractivity contribution in [1.82, 2.24) is 9.21 Å². The van der Waals surface area contributed by atoms with Crippen LogP contribution in [-0.2, 0) is 14.8 Å². The van der Waals surface area contributed by atoms with Crippen LogP contribution in [-0.4, -0.2) is 51.2 Å². The maximum absolute atomic E-state index is 13.7. The summed E-state index contributed by atoms with van der Waals surface area (Å²) >= 11 is 3.05. The van der Waals surface area contributed by atoms with Crippen molar-refractivity contribution in [2.75, 3.05) is 27.7 Å². The van der Waals surface area contributed by atoms with Crippen LogP contribution in [0.5, 0.6) is 0 Å². The molecule has 0 heterocycles. The topological polar surface area (TPSA) is 57.7 Å². The van der Waals surface area contributed by atoms with E-state index in [9.17, 15) is 17.6 Å². The first-order valence-electron chi connectivity index (χ1n) is 5.28. The predicted octanol–water partition coefficient (Wildman–Crippen LogP) is 1.30. The van der Waals surface area contributed by atoms with E-state index in [1.807, 2.05) is 0 Å². The first kappa shape index (κ1) is 16.1. The maximum Gasteiger partial charge on any atom is 0.246 e. The molecule has 1 aromatic carbocycles. The zero-order chi connectivity index (χ0) is 14.8. The summed E-state index contributed by atoms with van der Waals surface area (Å²) in [6, 6.07) is 3.65. The summed E-state index contributed by atoms with van der Waals surface area (Å²) in [6.07, 6.45) is 0. The second kappa shape index (κ2) is 5.98. The SMILES string of the molecule is CN(C)C(=O)CN(C)S(=O)(=O)c1ccc(Br)cc1F. The summed E-state index contributed by atoms with van der Waals surface area (Å²) in [5.41, 5.74) is 0. The summed E-state index contributed by atoms with van der Waals surface area (Å²) < 4.78 is 39.2. The molecule has 106 valence electrons. The number of nitrogens with zero attached hydrogens (tertiary/aromatic N) is 2. The van der Waals surface area contributed by atoms with Gasteiger partial charge in [0.25, 0.3) is 0 Å². The van der Waals surface area contributed by atoms with E-state index in [0.29, 0.717) is 4.47 Å². The van der Waals surface area contributed by atoms with E-state index in [1.54, 1.807) is 0 Å². The third kappa shape index (κ3) is 3.74. The Morgan fingerprint density at radius 2 is 1.89 bits per heavy atom. The molecule has 0 atom stereocenters. The Bertz CT molecular complexity index is 590. The number of halogens is 2. The minimum absolute atomic E-state index is 0.342. The van der Waals surface area contributed by atoms with Gasteiger partial charge in [-0.05, 0) is 18.2 Å². The molecule has 19 heavy (non-hydrogen) atoms. The number of rotatable bonds is 4. The van der Waals surface area contributed by atoms with E-state index in [0.717, 1.165) is 16.4 Å². The molecule has 0 N–H and O–H groups in total. The van der Waals surface area contributed by atoms with Crippen LogP contribution in [0, 0.1) is 5.82 Å². The molecule has 0 fully saturated rings. The third-order valence-corrected chi connectivity index (χ3v) is 4.77. The number of carbonyl (C=O) groups excluding carboxylic acids is 1. The zero-order valence-corrected chi connectivity index (χ0v) is 13.1. The zero-order valence-electron chi connectivity index (χ0n) is 10.7. The van der Waals surface area contributed by atoms with Crippen LogP contribution in [0.25, 0.3) is 0 Å². The van der Waals surface area contributed by atoms with Gasteiger partial charge in [-0.25, -0.2) is 12.8 Å². The van der Waals surface area contributed by atoms with Gasteiger partial charge >= 0.3 is 0 Å².